The van der Waals surface area contributed by atoms with Gasteiger partial charge in [-0.25, -0.2) is 0 Å². The predicted octanol–water partition coefficient (Wildman–Crippen LogP) is 7.39. The molecule has 3 heterocycles. The quantitative estimate of drug-likeness (QED) is 0.184. The van der Waals surface area contributed by atoms with Crippen LogP contribution < -0.4 is 9.64 Å². The Morgan fingerprint density at radius 1 is 0.949 bits per heavy atom. The Labute approximate surface area is 240 Å². The molecule has 0 amide bonds. The number of rotatable bonds is 4. The van der Waals surface area contributed by atoms with E-state index in [1.165, 1.54) is 23.1 Å². The third-order valence-corrected chi connectivity index (χ3v) is 9.22. The summed E-state index contributed by atoms with van der Waals surface area (Å²) in [5, 5.41) is 0. The fraction of sp³-hybridized carbons (Fsp3) is 0.273. The van der Waals surface area contributed by atoms with Crippen LogP contribution in [0.2, 0.25) is 0 Å². The summed E-state index contributed by atoms with van der Waals surface area (Å²) in [7, 11) is 2.09. The van der Waals surface area contributed by atoms with E-state index in [1.807, 2.05) is 24.4 Å². The van der Waals surface area contributed by atoms with Gasteiger partial charge in [0.15, 0.2) is 0 Å². The standard InChI is InChI=1S/C33H30N4O.Pt/c1-33(2,3)23-14-15-34-32(17-23)36-20-22-16-28(22)27-13-12-26(19-31(27)36)38-25-9-7-8-24(18-25)37-21-35(4)29-10-5-6-11-30(29)37;/h5-15,17,22,28H,16,20H2,1-4H3;/q-2;. The molecule has 1 aliphatic carbocycles. The number of aromatic nitrogens is 3. The second-order valence-corrected chi connectivity index (χ2v) is 12.6. The molecule has 200 valence electrons. The van der Waals surface area contributed by atoms with Crippen LogP contribution in [0.3, 0.4) is 0 Å². The van der Waals surface area contributed by atoms with Gasteiger partial charge in [0.05, 0.1) is 0 Å². The predicted molar refractivity (Wildman–Crippen MR) is 150 cm³/mol. The number of imidazole rings is 1. The first-order valence-corrected chi connectivity index (χ1v) is 14.5. The Morgan fingerprint density at radius 2 is 1.74 bits per heavy atom. The summed E-state index contributed by atoms with van der Waals surface area (Å²) in [6.07, 6.45) is 3.16. The number of ether oxygens (including phenoxy) is 1. The third-order valence-electron chi connectivity index (χ3n) is 7.95. The third kappa shape index (κ3) is 4.28. The van der Waals surface area contributed by atoms with E-state index >= 15 is 0 Å². The first-order chi connectivity index (χ1) is 18.8. The van der Waals surface area contributed by atoms with Crippen molar-refractivity contribution in [1.29, 1.82) is 0 Å². The van der Waals surface area contributed by atoms with E-state index < -0.39 is 0 Å². The van der Waals surface area contributed by atoms with Crippen LogP contribution >= 0.6 is 0 Å². The fourth-order valence-electron chi connectivity index (χ4n) is 5.69. The van der Waals surface area contributed by atoms with E-state index in [2.05, 4.69) is 122 Å². The number of aryl methyl sites for hydroxylation is 1. The van der Waals surface area contributed by atoms with E-state index in [0.717, 1.165) is 33.1 Å². The zero-order chi connectivity index (χ0) is 26.9. The van der Waals surface area contributed by atoms with Gasteiger partial charge in [-0.15, -0.1) is 0 Å². The first kappa shape index (κ1) is 24.6. The van der Waals surface area contributed by atoms with E-state index in [9.17, 15) is 0 Å². The van der Waals surface area contributed by atoms with Gasteiger partial charge in [0.2, 0.25) is 0 Å². The van der Waals surface area contributed by atoms with Crippen molar-refractivity contribution in [3.05, 3.63) is 100.0 Å². The molecule has 2 aromatic heterocycles. The molecule has 1 fully saturated rings. The SMILES string of the molecule is Cn1[c](=[Pt])n(-c2[c-]c(Oc3[c-]c4c(cc3)C3CC3CN4c3cc(C(C)(C)C)ccn3)ccc2)c2ccccc21. The van der Waals surface area contributed by atoms with Crippen LogP contribution in [0.1, 0.15) is 44.2 Å². The van der Waals surface area contributed by atoms with Gasteiger partial charge >= 0.3 is 197 Å². The molecule has 0 spiro atoms. The van der Waals surface area contributed by atoms with Crippen LogP contribution in [0.5, 0.6) is 11.5 Å². The fourth-order valence-corrected chi connectivity index (χ4v) is 6.51. The van der Waals surface area contributed by atoms with Gasteiger partial charge in [-0.2, -0.15) is 0 Å². The van der Waals surface area contributed by atoms with Crippen LogP contribution in [0, 0.1) is 21.9 Å². The van der Waals surface area contributed by atoms with Crippen LogP contribution in [0.25, 0.3) is 16.7 Å². The van der Waals surface area contributed by atoms with Crippen LogP contribution in [0.4, 0.5) is 11.5 Å². The van der Waals surface area contributed by atoms with Crippen molar-refractivity contribution < 1.29 is 24.1 Å². The van der Waals surface area contributed by atoms with Crippen molar-refractivity contribution >= 4 is 22.5 Å². The second-order valence-electron chi connectivity index (χ2n) is 11.6. The Kier molecular flexibility index (Phi) is 5.71. The molecule has 5 nitrogen and oxygen atoms in total. The van der Waals surface area contributed by atoms with E-state index in [-0.39, 0.29) is 5.41 Å². The van der Waals surface area contributed by atoms with Gasteiger partial charge in [-0.05, 0) is 17.0 Å². The molecular weight excluding hydrogens is 663 g/mol. The Balaban J connectivity index is 1.24. The molecule has 2 unspecified atom stereocenters. The van der Waals surface area contributed by atoms with Crippen molar-refractivity contribution in [3.8, 4) is 17.2 Å². The van der Waals surface area contributed by atoms with Crippen molar-refractivity contribution in [2.24, 2.45) is 13.0 Å². The number of para-hydroxylation sites is 2. The van der Waals surface area contributed by atoms with Crippen LogP contribution in [-0.4, -0.2) is 20.7 Å². The molecular formula is C33H30N4OPt-2. The van der Waals surface area contributed by atoms with Gasteiger partial charge in [-0.3, -0.25) is 0 Å². The summed E-state index contributed by atoms with van der Waals surface area (Å²) in [5.41, 5.74) is 7.03. The molecule has 2 aliphatic rings. The minimum absolute atomic E-state index is 0.0634. The number of benzene rings is 3. The molecule has 5 aromatic rings. The second kappa shape index (κ2) is 9.06. The number of hydrogen-bond donors (Lipinski definition) is 0. The van der Waals surface area contributed by atoms with E-state index in [0.29, 0.717) is 23.3 Å². The Hall–Kier alpha value is -3.43. The number of anilines is 2. The number of nitrogens with zero attached hydrogens (tertiary/aromatic N) is 4. The van der Waals surface area contributed by atoms with Gasteiger partial charge in [-0.1, -0.05) is 20.8 Å². The van der Waals surface area contributed by atoms with Crippen molar-refractivity contribution in [2.75, 3.05) is 11.4 Å². The average molecular weight is 694 g/mol. The maximum atomic E-state index is 6.40. The molecule has 0 radical (unpaired) electrons. The minimum atomic E-state index is 0.0634. The van der Waals surface area contributed by atoms with Gasteiger partial charge in [0.1, 0.15) is 0 Å². The zero-order valence-corrected chi connectivity index (χ0v) is 24.8. The molecule has 2 atom stereocenters. The number of fused-ring (bicyclic) bond motifs is 4. The molecule has 39 heavy (non-hydrogen) atoms. The summed E-state index contributed by atoms with van der Waals surface area (Å²) in [6.45, 7) is 7.70. The summed E-state index contributed by atoms with van der Waals surface area (Å²) in [4.78, 5) is 7.11. The van der Waals surface area contributed by atoms with Crippen molar-refractivity contribution in [1.82, 2.24) is 14.1 Å². The molecule has 6 heteroatoms. The maximum absolute atomic E-state index is 6.40. The van der Waals surface area contributed by atoms with Gasteiger partial charge in [0, 0.05) is 6.20 Å². The van der Waals surface area contributed by atoms with E-state index in [4.69, 9.17) is 9.72 Å². The van der Waals surface area contributed by atoms with Crippen LogP contribution in [-0.2, 0) is 31.8 Å². The van der Waals surface area contributed by atoms with Gasteiger partial charge < -0.3 is 0 Å². The first-order valence-electron chi connectivity index (χ1n) is 13.4. The Bertz CT molecular complexity index is 1790. The topological polar surface area (TPSA) is 35.2 Å². The molecule has 1 aliphatic heterocycles. The summed E-state index contributed by atoms with van der Waals surface area (Å²) in [6, 6.07) is 30.2. The Morgan fingerprint density at radius 3 is 2.56 bits per heavy atom. The van der Waals surface area contributed by atoms with Crippen molar-refractivity contribution in [3.63, 3.8) is 0 Å². The molecule has 0 N–H and O–H groups in total. The summed E-state index contributed by atoms with van der Waals surface area (Å²) < 4.78 is 11.9. The van der Waals surface area contributed by atoms with Gasteiger partial charge in [0.25, 0.3) is 0 Å². The summed E-state index contributed by atoms with van der Waals surface area (Å²) in [5.74, 6) is 3.64. The number of hydrogen-bond acceptors (Lipinski definition) is 3. The molecule has 3 aromatic carbocycles. The molecule has 0 bridgehead atoms. The zero-order valence-electron chi connectivity index (χ0n) is 22.5. The van der Waals surface area contributed by atoms with E-state index in [1.54, 1.807) is 0 Å². The van der Waals surface area contributed by atoms with Crippen LogP contribution in [0.15, 0.2) is 72.9 Å². The number of pyridine rings is 1. The molecule has 1 saturated carbocycles. The normalized spacial score (nSPS) is 18.2. The molecule has 0 saturated heterocycles. The molecule has 7 rings (SSSR count). The summed E-state index contributed by atoms with van der Waals surface area (Å²) >= 11 is 2.37. The van der Waals surface area contributed by atoms with Crippen molar-refractivity contribution in [2.45, 2.75) is 38.5 Å². The monoisotopic (exact) mass is 693 g/mol. The average Bonchev–Trinajstić information content (AvgIpc) is 3.67.